The van der Waals surface area contributed by atoms with Gasteiger partial charge in [0.05, 0.1) is 0 Å². The molecular weight excluding hydrogens is 240 g/mol. The summed E-state index contributed by atoms with van der Waals surface area (Å²) in [5, 5.41) is 10.6. The molecule has 19 heavy (non-hydrogen) atoms. The van der Waals surface area contributed by atoms with Gasteiger partial charge in [-0.15, -0.1) is 5.10 Å². The van der Waals surface area contributed by atoms with Gasteiger partial charge < -0.3 is 10.2 Å². The molecule has 0 spiro atoms. The number of nitrogens with zero attached hydrogens (tertiary/aromatic N) is 4. The lowest BCUT2D eigenvalue weighted by Gasteiger charge is -2.30. The van der Waals surface area contributed by atoms with Crippen molar-refractivity contribution in [3.63, 3.8) is 0 Å². The Kier molecular flexibility index (Phi) is 3.41. The molecule has 0 radical (unpaired) electrons. The van der Waals surface area contributed by atoms with Crippen molar-refractivity contribution in [2.24, 2.45) is 0 Å². The zero-order valence-electron chi connectivity index (χ0n) is 11.0. The highest BCUT2D eigenvalue weighted by Crippen LogP contribution is 2.19. The van der Waals surface area contributed by atoms with E-state index in [-0.39, 0.29) is 0 Å². The van der Waals surface area contributed by atoms with Crippen LogP contribution in [0.2, 0.25) is 0 Å². The highest BCUT2D eigenvalue weighted by Gasteiger charge is 2.20. The summed E-state index contributed by atoms with van der Waals surface area (Å²) in [5.74, 6) is 1.59. The van der Waals surface area contributed by atoms with Crippen LogP contribution in [0.3, 0.4) is 0 Å². The van der Waals surface area contributed by atoms with Crippen LogP contribution in [0.1, 0.15) is 12.8 Å². The molecule has 100 valence electrons. The number of H-pyrrole nitrogens is 1. The molecule has 0 unspecified atom stereocenters. The number of aromatic amines is 1. The first-order chi connectivity index (χ1) is 9.36. The van der Waals surface area contributed by atoms with Crippen molar-refractivity contribution in [1.29, 1.82) is 0 Å². The zero-order chi connectivity index (χ0) is 13.1. The van der Waals surface area contributed by atoms with E-state index in [1.165, 1.54) is 0 Å². The van der Waals surface area contributed by atoms with Gasteiger partial charge in [0, 0.05) is 37.1 Å². The number of anilines is 1. The monoisotopic (exact) mass is 258 g/mol. The summed E-state index contributed by atoms with van der Waals surface area (Å²) >= 11 is 0. The van der Waals surface area contributed by atoms with Crippen LogP contribution < -0.4 is 10.2 Å². The molecule has 1 aliphatic rings. The van der Waals surface area contributed by atoms with Crippen molar-refractivity contribution in [2.75, 3.05) is 25.0 Å². The fraction of sp³-hybridized carbons (Fsp3) is 0.462. The third kappa shape index (κ3) is 2.58. The quantitative estimate of drug-likeness (QED) is 0.861. The van der Waals surface area contributed by atoms with Crippen LogP contribution in [0.4, 0.5) is 5.95 Å². The molecule has 0 aromatic carbocycles. The van der Waals surface area contributed by atoms with E-state index < -0.39 is 0 Å². The number of hydrogen-bond donors (Lipinski definition) is 2. The van der Waals surface area contributed by atoms with E-state index in [0.29, 0.717) is 6.04 Å². The molecular formula is C13H18N6. The van der Waals surface area contributed by atoms with E-state index >= 15 is 0 Å². The number of rotatable bonds is 3. The van der Waals surface area contributed by atoms with E-state index in [1.54, 1.807) is 12.4 Å². The van der Waals surface area contributed by atoms with E-state index in [1.807, 2.05) is 19.2 Å². The number of aromatic nitrogens is 4. The minimum absolute atomic E-state index is 0.620. The second-order valence-corrected chi connectivity index (χ2v) is 4.77. The molecule has 1 aliphatic heterocycles. The molecule has 3 rings (SSSR count). The smallest absolute Gasteiger partial charge is 0.245 e. The Morgan fingerprint density at radius 3 is 2.68 bits per heavy atom. The van der Waals surface area contributed by atoms with Gasteiger partial charge in [-0.25, -0.2) is 0 Å². The minimum atomic E-state index is 0.620. The molecule has 0 aliphatic carbocycles. The van der Waals surface area contributed by atoms with E-state index in [9.17, 15) is 0 Å². The van der Waals surface area contributed by atoms with Crippen LogP contribution in [-0.2, 0) is 0 Å². The Balaban J connectivity index is 1.72. The van der Waals surface area contributed by atoms with Crippen LogP contribution in [0, 0.1) is 0 Å². The number of hydrogen-bond acceptors (Lipinski definition) is 5. The number of pyridine rings is 1. The van der Waals surface area contributed by atoms with Crippen molar-refractivity contribution in [1.82, 2.24) is 25.5 Å². The summed E-state index contributed by atoms with van der Waals surface area (Å²) in [6, 6.07) is 4.48. The maximum absolute atomic E-state index is 4.57. The lowest BCUT2D eigenvalue weighted by molar-refractivity contribution is 0.439. The first-order valence-corrected chi connectivity index (χ1v) is 6.62. The predicted octanol–water partition coefficient (Wildman–Crippen LogP) is 1.05. The molecule has 2 aromatic rings. The number of piperidine rings is 1. The second-order valence-electron chi connectivity index (χ2n) is 4.77. The van der Waals surface area contributed by atoms with Gasteiger partial charge in [-0.1, -0.05) is 0 Å². The first kappa shape index (κ1) is 12.1. The Bertz CT molecular complexity index is 515. The third-order valence-electron chi connectivity index (χ3n) is 3.61. The second kappa shape index (κ2) is 5.36. The standard InChI is InChI=1S/C13H18N6/c1-14-11-4-8-19(9-5-11)13-16-12(17-18-13)10-2-6-15-7-3-10/h2-3,6-7,11,14H,4-5,8-9H2,1H3,(H,16,17,18). The SMILES string of the molecule is CNC1CCN(c2n[nH]c(-c3ccncc3)n2)CC1. The molecule has 0 amide bonds. The fourth-order valence-corrected chi connectivity index (χ4v) is 2.40. The van der Waals surface area contributed by atoms with Gasteiger partial charge in [-0.2, -0.15) is 4.98 Å². The molecule has 6 nitrogen and oxygen atoms in total. The molecule has 3 heterocycles. The lowest BCUT2D eigenvalue weighted by Crippen LogP contribution is -2.41. The van der Waals surface area contributed by atoms with Gasteiger partial charge in [0.15, 0.2) is 5.82 Å². The Labute approximate surface area is 112 Å². The van der Waals surface area contributed by atoms with E-state index in [2.05, 4.69) is 30.4 Å². The summed E-state index contributed by atoms with van der Waals surface area (Å²) in [5.41, 5.74) is 1.01. The van der Waals surface area contributed by atoms with Gasteiger partial charge in [0.2, 0.25) is 5.95 Å². The van der Waals surface area contributed by atoms with Gasteiger partial charge in [-0.05, 0) is 32.0 Å². The van der Waals surface area contributed by atoms with Gasteiger partial charge >= 0.3 is 0 Å². The summed E-state index contributed by atoms with van der Waals surface area (Å²) < 4.78 is 0. The van der Waals surface area contributed by atoms with Crippen molar-refractivity contribution >= 4 is 5.95 Å². The highest BCUT2D eigenvalue weighted by atomic mass is 15.4. The summed E-state index contributed by atoms with van der Waals surface area (Å²) in [6.07, 6.45) is 5.79. The first-order valence-electron chi connectivity index (χ1n) is 6.62. The zero-order valence-corrected chi connectivity index (χ0v) is 11.0. The van der Waals surface area contributed by atoms with Crippen molar-refractivity contribution in [2.45, 2.75) is 18.9 Å². The molecule has 2 aromatic heterocycles. The van der Waals surface area contributed by atoms with Crippen LogP contribution in [0.15, 0.2) is 24.5 Å². The highest BCUT2D eigenvalue weighted by molar-refractivity contribution is 5.55. The maximum atomic E-state index is 4.57. The van der Waals surface area contributed by atoms with Crippen molar-refractivity contribution in [3.8, 4) is 11.4 Å². The average Bonchev–Trinajstić information content (AvgIpc) is 2.98. The largest absolute Gasteiger partial charge is 0.339 e. The molecule has 6 heteroatoms. The topological polar surface area (TPSA) is 69.7 Å². The van der Waals surface area contributed by atoms with Crippen LogP contribution >= 0.6 is 0 Å². The van der Waals surface area contributed by atoms with Crippen molar-refractivity contribution in [3.05, 3.63) is 24.5 Å². The molecule has 0 atom stereocenters. The predicted molar refractivity (Wildman–Crippen MR) is 73.9 cm³/mol. The van der Waals surface area contributed by atoms with Crippen LogP contribution in [-0.4, -0.2) is 46.3 Å². The molecule has 2 N–H and O–H groups in total. The molecule has 1 fully saturated rings. The van der Waals surface area contributed by atoms with Crippen LogP contribution in [0.25, 0.3) is 11.4 Å². The third-order valence-corrected chi connectivity index (χ3v) is 3.61. The average molecular weight is 258 g/mol. The van der Waals surface area contributed by atoms with Crippen LogP contribution in [0.5, 0.6) is 0 Å². The summed E-state index contributed by atoms with van der Waals surface area (Å²) in [6.45, 7) is 2.00. The summed E-state index contributed by atoms with van der Waals surface area (Å²) in [4.78, 5) is 10.8. The molecule has 1 saturated heterocycles. The van der Waals surface area contributed by atoms with E-state index in [4.69, 9.17) is 0 Å². The molecule has 0 saturated carbocycles. The molecule has 0 bridgehead atoms. The Hall–Kier alpha value is -1.95. The van der Waals surface area contributed by atoms with E-state index in [0.717, 1.165) is 43.3 Å². The van der Waals surface area contributed by atoms with Gasteiger partial charge in [0.1, 0.15) is 0 Å². The Morgan fingerprint density at radius 2 is 2.00 bits per heavy atom. The number of nitrogens with one attached hydrogen (secondary N) is 2. The maximum Gasteiger partial charge on any atom is 0.245 e. The minimum Gasteiger partial charge on any atom is -0.339 e. The normalized spacial score (nSPS) is 16.8. The van der Waals surface area contributed by atoms with Crippen molar-refractivity contribution < 1.29 is 0 Å². The summed E-state index contributed by atoms with van der Waals surface area (Å²) in [7, 11) is 2.02. The van der Waals surface area contributed by atoms with Gasteiger partial charge in [-0.3, -0.25) is 10.1 Å². The Morgan fingerprint density at radius 1 is 1.26 bits per heavy atom. The van der Waals surface area contributed by atoms with Gasteiger partial charge in [0.25, 0.3) is 0 Å². The lowest BCUT2D eigenvalue weighted by atomic mass is 10.1. The fourth-order valence-electron chi connectivity index (χ4n) is 2.40.